The number of hydrogen-bond acceptors (Lipinski definition) is 7. The molecule has 2 aliphatic heterocycles. The molecule has 190 valence electrons. The Morgan fingerprint density at radius 1 is 1.22 bits per heavy atom. The summed E-state index contributed by atoms with van der Waals surface area (Å²) in [5.74, 6) is 1.36. The number of anilines is 2. The Balaban J connectivity index is 1.45. The molecule has 2 fully saturated rings. The zero-order valence-electron chi connectivity index (χ0n) is 20.8. The number of piperidine rings is 1. The van der Waals surface area contributed by atoms with Crippen LogP contribution in [-0.4, -0.2) is 63.9 Å². The van der Waals surface area contributed by atoms with Crippen LogP contribution in [0.1, 0.15) is 31.7 Å². The van der Waals surface area contributed by atoms with Crippen LogP contribution in [-0.2, 0) is 10.2 Å². The lowest BCUT2D eigenvalue weighted by Gasteiger charge is -2.43. The summed E-state index contributed by atoms with van der Waals surface area (Å²) in [5, 5.41) is 22.6. The third-order valence-corrected chi connectivity index (χ3v) is 7.79. The summed E-state index contributed by atoms with van der Waals surface area (Å²) in [6, 6.07) is 13.4. The fourth-order valence-corrected chi connectivity index (χ4v) is 5.74. The Morgan fingerprint density at radius 2 is 2.08 bits per heavy atom. The Morgan fingerprint density at radius 3 is 2.81 bits per heavy atom. The lowest BCUT2D eigenvalue weighted by molar-refractivity contribution is 0.0985. The number of rotatable bonds is 5. The first-order chi connectivity index (χ1) is 18.1. The number of aromatic amines is 1. The number of hydrogen-bond donors (Lipinski definition) is 1. The quantitative estimate of drug-likeness (QED) is 0.443. The van der Waals surface area contributed by atoms with Crippen LogP contribution in [0.25, 0.3) is 16.9 Å². The molecule has 10 heteroatoms. The normalized spacial score (nSPS) is 19.8. The van der Waals surface area contributed by atoms with Gasteiger partial charge in [0.2, 0.25) is 0 Å². The van der Waals surface area contributed by atoms with E-state index in [1.807, 2.05) is 18.3 Å². The Hall–Kier alpha value is -3.97. The average molecular weight is 501 g/mol. The molecule has 0 aliphatic carbocycles. The van der Waals surface area contributed by atoms with Gasteiger partial charge < -0.3 is 14.5 Å². The van der Waals surface area contributed by atoms with E-state index >= 15 is 0 Å². The second kappa shape index (κ2) is 9.48. The van der Waals surface area contributed by atoms with E-state index in [9.17, 15) is 9.65 Å². The van der Waals surface area contributed by atoms with E-state index in [4.69, 9.17) is 9.72 Å². The minimum Gasteiger partial charge on any atom is -0.377 e. The minimum atomic E-state index is -0.369. The van der Waals surface area contributed by atoms with Crippen LogP contribution in [0, 0.1) is 17.1 Å². The number of ether oxygens (including phenoxy) is 1. The molecule has 1 aromatic carbocycles. The number of halogens is 1. The van der Waals surface area contributed by atoms with Gasteiger partial charge in [-0.15, -0.1) is 0 Å². The number of morpholine rings is 1. The van der Waals surface area contributed by atoms with Crippen molar-refractivity contribution < 1.29 is 9.13 Å². The number of nitrogens with zero attached hydrogens (tertiary/aromatic N) is 7. The zero-order chi connectivity index (χ0) is 25.4. The monoisotopic (exact) mass is 500 g/mol. The van der Waals surface area contributed by atoms with Crippen molar-refractivity contribution in [3.8, 4) is 11.9 Å². The molecular formula is C27H29FN8O. The number of pyridine rings is 1. The summed E-state index contributed by atoms with van der Waals surface area (Å²) in [6.07, 6.45) is 5.46. The summed E-state index contributed by atoms with van der Waals surface area (Å²) in [4.78, 5) is 9.55. The molecule has 4 aromatic rings. The van der Waals surface area contributed by atoms with Gasteiger partial charge in [-0.2, -0.15) is 20.1 Å². The number of nitrogens with one attached hydrogen (secondary N) is 1. The molecule has 5 heterocycles. The number of benzene rings is 1. The Bertz CT molecular complexity index is 1430. The second-order valence-corrected chi connectivity index (χ2v) is 9.96. The van der Waals surface area contributed by atoms with Gasteiger partial charge in [0.05, 0.1) is 37.7 Å². The van der Waals surface area contributed by atoms with Gasteiger partial charge in [0, 0.05) is 48.6 Å². The number of nitriles is 1. The van der Waals surface area contributed by atoms with Crippen molar-refractivity contribution in [1.82, 2.24) is 25.0 Å². The second-order valence-electron chi connectivity index (χ2n) is 9.96. The molecule has 2 saturated heterocycles. The third kappa shape index (κ3) is 4.19. The van der Waals surface area contributed by atoms with Gasteiger partial charge in [-0.05, 0) is 49.6 Å². The topological polar surface area (TPSA) is 98.9 Å². The van der Waals surface area contributed by atoms with Gasteiger partial charge >= 0.3 is 0 Å². The molecule has 1 N–H and O–H groups in total. The van der Waals surface area contributed by atoms with E-state index in [1.54, 1.807) is 23.0 Å². The van der Waals surface area contributed by atoms with E-state index in [2.05, 4.69) is 44.2 Å². The first-order valence-corrected chi connectivity index (χ1v) is 12.7. The van der Waals surface area contributed by atoms with Gasteiger partial charge in [0.15, 0.2) is 11.5 Å². The molecule has 0 bridgehead atoms. The first-order valence-electron chi connectivity index (χ1n) is 12.7. The number of H-pyrrole nitrogens is 1. The summed E-state index contributed by atoms with van der Waals surface area (Å²) in [7, 11) is 0. The van der Waals surface area contributed by atoms with Crippen LogP contribution in [0.3, 0.4) is 0 Å². The fraction of sp³-hybridized carbons (Fsp3) is 0.407. The SMILES string of the molecule is C[C@@H]1COCCN1c1cc(C2(CC#N)CCN(c3cccc(F)c3)CC2)c2cnn(-c3ccn[nH]3)c2n1. The molecule has 37 heavy (non-hydrogen) atoms. The molecule has 0 saturated carbocycles. The van der Waals surface area contributed by atoms with Gasteiger partial charge in [0.25, 0.3) is 0 Å². The van der Waals surface area contributed by atoms with Gasteiger partial charge in [-0.3, -0.25) is 5.10 Å². The maximum atomic E-state index is 13.9. The maximum absolute atomic E-state index is 13.9. The highest BCUT2D eigenvalue weighted by Crippen LogP contribution is 2.44. The van der Waals surface area contributed by atoms with Crippen molar-refractivity contribution in [2.24, 2.45) is 0 Å². The number of aromatic nitrogens is 5. The van der Waals surface area contributed by atoms with E-state index < -0.39 is 0 Å². The summed E-state index contributed by atoms with van der Waals surface area (Å²) in [6.45, 7) is 5.63. The minimum absolute atomic E-state index is 0.178. The molecule has 0 radical (unpaired) electrons. The largest absolute Gasteiger partial charge is 0.377 e. The molecule has 0 amide bonds. The summed E-state index contributed by atoms with van der Waals surface area (Å²) in [5.41, 5.74) is 2.34. The van der Waals surface area contributed by atoms with Gasteiger partial charge in [-0.25, -0.2) is 9.37 Å². The van der Waals surface area contributed by atoms with Crippen molar-refractivity contribution in [2.75, 3.05) is 42.6 Å². The van der Waals surface area contributed by atoms with E-state index in [1.165, 1.54) is 6.07 Å². The van der Waals surface area contributed by atoms with Crippen LogP contribution in [0.15, 0.2) is 48.8 Å². The number of fused-ring (bicyclic) bond motifs is 1. The van der Waals surface area contributed by atoms with Crippen molar-refractivity contribution in [2.45, 2.75) is 37.6 Å². The van der Waals surface area contributed by atoms with Crippen molar-refractivity contribution >= 4 is 22.5 Å². The molecule has 0 spiro atoms. The molecule has 0 unspecified atom stereocenters. The highest BCUT2D eigenvalue weighted by Gasteiger charge is 2.39. The summed E-state index contributed by atoms with van der Waals surface area (Å²) < 4.78 is 21.4. The lowest BCUT2D eigenvalue weighted by Crippen LogP contribution is -2.45. The van der Waals surface area contributed by atoms with Gasteiger partial charge in [0.1, 0.15) is 11.6 Å². The maximum Gasteiger partial charge on any atom is 0.167 e. The Labute approximate surface area is 214 Å². The highest BCUT2D eigenvalue weighted by molar-refractivity contribution is 5.84. The Kier molecular flexibility index (Phi) is 6.00. The molecule has 1 atom stereocenters. The molecule has 2 aliphatic rings. The average Bonchev–Trinajstić information content (AvgIpc) is 3.59. The third-order valence-electron chi connectivity index (χ3n) is 7.79. The van der Waals surface area contributed by atoms with Crippen molar-refractivity contribution in [3.05, 3.63) is 60.2 Å². The molecule has 9 nitrogen and oxygen atoms in total. The molecule has 6 rings (SSSR count). The smallest absolute Gasteiger partial charge is 0.167 e. The van der Waals surface area contributed by atoms with Crippen molar-refractivity contribution in [1.29, 1.82) is 5.26 Å². The predicted octanol–water partition coefficient (Wildman–Crippen LogP) is 3.96. The van der Waals surface area contributed by atoms with Crippen LogP contribution in [0.2, 0.25) is 0 Å². The lowest BCUT2D eigenvalue weighted by atomic mass is 9.70. The van der Waals surface area contributed by atoms with Crippen LogP contribution < -0.4 is 9.80 Å². The van der Waals surface area contributed by atoms with Crippen LogP contribution >= 0.6 is 0 Å². The van der Waals surface area contributed by atoms with Crippen molar-refractivity contribution in [3.63, 3.8) is 0 Å². The standard InChI is InChI=1S/C27H29FN8O/c1-19-18-37-14-13-35(19)25-16-23(22-17-31-36(26(22)32-25)24-5-10-30-33-24)27(6-9-29)7-11-34(12-8-27)21-4-2-3-20(28)15-21/h2-5,10,15-17,19H,6-8,11-14,18H2,1H3,(H,30,33)/t19-/m1/s1. The van der Waals surface area contributed by atoms with E-state index in [0.717, 1.165) is 66.4 Å². The molecule has 3 aromatic heterocycles. The van der Waals surface area contributed by atoms with Crippen LogP contribution in [0.5, 0.6) is 0 Å². The molecular weight excluding hydrogens is 471 g/mol. The summed E-state index contributed by atoms with van der Waals surface area (Å²) >= 11 is 0. The van der Waals surface area contributed by atoms with Crippen LogP contribution in [0.4, 0.5) is 15.9 Å². The van der Waals surface area contributed by atoms with E-state index in [-0.39, 0.29) is 17.3 Å². The fourth-order valence-electron chi connectivity index (χ4n) is 5.74. The zero-order valence-corrected chi connectivity index (χ0v) is 20.8. The first kappa shape index (κ1) is 23.4. The highest BCUT2D eigenvalue weighted by atomic mass is 19.1. The van der Waals surface area contributed by atoms with E-state index in [0.29, 0.717) is 19.6 Å². The van der Waals surface area contributed by atoms with Gasteiger partial charge in [-0.1, -0.05) is 6.07 Å². The predicted molar refractivity (Wildman–Crippen MR) is 138 cm³/mol.